The fraction of sp³-hybridized carbons (Fsp3) is 0.316. The maximum atomic E-state index is 12.4. The normalized spacial score (nSPS) is 12.0. The summed E-state index contributed by atoms with van der Waals surface area (Å²) in [6.07, 6.45) is 3.98. The number of nitrogens with zero attached hydrogens (tertiary/aromatic N) is 2. The minimum absolute atomic E-state index is 0.0412. The molecule has 1 N–H and O–H groups in total. The number of aromatic nitrogens is 2. The third kappa shape index (κ3) is 4.56. The van der Waals surface area contributed by atoms with E-state index >= 15 is 0 Å². The lowest BCUT2D eigenvalue weighted by molar-refractivity contribution is -0.121. The smallest absolute Gasteiger partial charge is 0.226 e. The summed E-state index contributed by atoms with van der Waals surface area (Å²) in [7, 11) is 0. The fourth-order valence-electron chi connectivity index (χ4n) is 2.59. The molecule has 0 bridgehead atoms. The van der Waals surface area contributed by atoms with E-state index in [0.717, 1.165) is 12.0 Å². The van der Waals surface area contributed by atoms with E-state index in [4.69, 9.17) is 8.94 Å². The van der Waals surface area contributed by atoms with E-state index in [0.29, 0.717) is 36.7 Å². The van der Waals surface area contributed by atoms with Crippen molar-refractivity contribution in [3.8, 4) is 0 Å². The van der Waals surface area contributed by atoms with Gasteiger partial charge in [0.1, 0.15) is 11.8 Å². The van der Waals surface area contributed by atoms with Gasteiger partial charge in [0, 0.05) is 19.3 Å². The number of furan rings is 1. The number of hydrogen-bond donors (Lipinski definition) is 1. The number of carbonyl (C=O) groups is 1. The van der Waals surface area contributed by atoms with Crippen LogP contribution in [0.15, 0.2) is 57.7 Å². The van der Waals surface area contributed by atoms with Gasteiger partial charge in [-0.3, -0.25) is 4.79 Å². The van der Waals surface area contributed by atoms with E-state index < -0.39 is 0 Å². The van der Waals surface area contributed by atoms with Crippen LogP contribution in [0.1, 0.15) is 48.8 Å². The van der Waals surface area contributed by atoms with Gasteiger partial charge < -0.3 is 14.3 Å². The molecule has 1 atom stereocenters. The first-order valence-corrected chi connectivity index (χ1v) is 8.45. The van der Waals surface area contributed by atoms with Gasteiger partial charge in [0.2, 0.25) is 11.8 Å². The Morgan fingerprint density at radius 1 is 1.20 bits per heavy atom. The Morgan fingerprint density at radius 2 is 2.04 bits per heavy atom. The minimum Gasteiger partial charge on any atom is -0.467 e. The molecule has 1 amide bonds. The average Bonchev–Trinajstić information content (AvgIpc) is 3.32. The molecule has 3 rings (SSSR count). The summed E-state index contributed by atoms with van der Waals surface area (Å²) < 4.78 is 10.6. The number of rotatable bonds is 8. The van der Waals surface area contributed by atoms with Crippen molar-refractivity contribution in [2.45, 2.75) is 38.6 Å². The van der Waals surface area contributed by atoms with Crippen LogP contribution in [0.3, 0.4) is 0 Å². The van der Waals surface area contributed by atoms with Crippen LogP contribution < -0.4 is 5.32 Å². The maximum absolute atomic E-state index is 12.4. The lowest BCUT2D eigenvalue weighted by Crippen LogP contribution is -2.28. The Bertz CT molecular complexity index is 781. The largest absolute Gasteiger partial charge is 0.467 e. The van der Waals surface area contributed by atoms with Crippen molar-refractivity contribution >= 4 is 5.91 Å². The standard InChI is InChI=1S/C19H21N3O3/c1-2-16-20-18(25-22-16)12-6-11-17(23)21-19(15-10-7-13-24-15)14-8-4-3-5-9-14/h3-5,7-10,13,19H,2,6,11-12H2,1H3,(H,21,23). The molecule has 0 saturated carbocycles. The predicted octanol–water partition coefficient (Wildman–Crippen LogP) is 3.45. The van der Waals surface area contributed by atoms with Crippen LogP contribution >= 0.6 is 0 Å². The highest BCUT2D eigenvalue weighted by Crippen LogP contribution is 2.22. The van der Waals surface area contributed by atoms with E-state index in [2.05, 4.69) is 15.5 Å². The third-order valence-corrected chi connectivity index (χ3v) is 3.89. The lowest BCUT2D eigenvalue weighted by Gasteiger charge is -2.17. The van der Waals surface area contributed by atoms with E-state index in [1.54, 1.807) is 6.26 Å². The Kier molecular flexibility index (Phi) is 5.61. The molecule has 0 spiro atoms. The zero-order chi connectivity index (χ0) is 17.5. The summed E-state index contributed by atoms with van der Waals surface area (Å²) >= 11 is 0. The molecule has 6 heteroatoms. The highest BCUT2D eigenvalue weighted by molar-refractivity contribution is 5.76. The summed E-state index contributed by atoms with van der Waals surface area (Å²) in [4.78, 5) is 16.6. The molecular weight excluding hydrogens is 318 g/mol. The molecule has 0 fully saturated rings. The van der Waals surface area contributed by atoms with Crippen LogP contribution in [-0.2, 0) is 17.6 Å². The van der Waals surface area contributed by atoms with Gasteiger partial charge in [-0.05, 0) is 24.1 Å². The molecule has 0 aliphatic carbocycles. The highest BCUT2D eigenvalue weighted by Gasteiger charge is 2.19. The van der Waals surface area contributed by atoms with Gasteiger partial charge in [-0.1, -0.05) is 42.4 Å². The quantitative estimate of drug-likeness (QED) is 0.680. The minimum atomic E-state index is -0.293. The first-order valence-electron chi connectivity index (χ1n) is 8.45. The van der Waals surface area contributed by atoms with Gasteiger partial charge in [0.15, 0.2) is 5.82 Å². The molecule has 1 unspecified atom stereocenters. The second-order valence-electron chi connectivity index (χ2n) is 5.74. The number of hydrogen-bond acceptors (Lipinski definition) is 5. The van der Waals surface area contributed by atoms with Crippen molar-refractivity contribution in [2.24, 2.45) is 0 Å². The zero-order valence-electron chi connectivity index (χ0n) is 14.1. The number of amides is 1. The number of aryl methyl sites for hydroxylation is 2. The first-order chi connectivity index (χ1) is 12.3. The molecule has 0 aliphatic rings. The first kappa shape index (κ1) is 17.0. The highest BCUT2D eigenvalue weighted by atomic mass is 16.5. The molecule has 0 radical (unpaired) electrons. The number of nitrogens with one attached hydrogen (secondary N) is 1. The van der Waals surface area contributed by atoms with Gasteiger partial charge in [-0.25, -0.2) is 0 Å². The molecule has 130 valence electrons. The fourth-order valence-corrected chi connectivity index (χ4v) is 2.59. The van der Waals surface area contributed by atoms with Crippen molar-refractivity contribution in [3.63, 3.8) is 0 Å². The monoisotopic (exact) mass is 339 g/mol. The van der Waals surface area contributed by atoms with Gasteiger partial charge in [0.25, 0.3) is 0 Å². The van der Waals surface area contributed by atoms with Crippen molar-refractivity contribution in [1.29, 1.82) is 0 Å². The van der Waals surface area contributed by atoms with Crippen LogP contribution in [-0.4, -0.2) is 16.0 Å². The van der Waals surface area contributed by atoms with Crippen molar-refractivity contribution < 1.29 is 13.7 Å². The molecular formula is C19H21N3O3. The summed E-state index contributed by atoms with van der Waals surface area (Å²) in [6.45, 7) is 1.97. The summed E-state index contributed by atoms with van der Waals surface area (Å²) in [6, 6.07) is 13.2. The van der Waals surface area contributed by atoms with E-state index in [1.165, 1.54) is 0 Å². The van der Waals surface area contributed by atoms with Gasteiger partial charge >= 0.3 is 0 Å². The van der Waals surface area contributed by atoms with Crippen LogP contribution in [0, 0.1) is 0 Å². The van der Waals surface area contributed by atoms with E-state index in [-0.39, 0.29) is 11.9 Å². The summed E-state index contributed by atoms with van der Waals surface area (Å²) in [5, 5.41) is 6.89. The topological polar surface area (TPSA) is 81.2 Å². The molecule has 25 heavy (non-hydrogen) atoms. The molecule has 2 aromatic heterocycles. The van der Waals surface area contributed by atoms with Crippen molar-refractivity contribution in [1.82, 2.24) is 15.5 Å². The second-order valence-corrected chi connectivity index (χ2v) is 5.74. The third-order valence-electron chi connectivity index (χ3n) is 3.89. The van der Waals surface area contributed by atoms with Crippen molar-refractivity contribution in [2.75, 3.05) is 0 Å². The summed E-state index contributed by atoms with van der Waals surface area (Å²) in [5.41, 5.74) is 0.982. The molecule has 3 aromatic rings. The van der Waals surface area contributed by atoms with Gasteiger partial charge in [0.05, 0.1) is 6.26 Å². The van der Waals surface area contributed by atoms with E-state index in [1.807, 2.05) is 49.4 Å². The Morgan fingerprint density at radius 3 is 2.72 bits per heavy atom. The molecule has 0 saturated heterocycles. The summed E-state index contributed by atoms with van der Waals surface area (Å²) in [5.74, 6) is 1.95. The average molecular weight is 339 g/mol. The maximum Gasteiger partial charge on any atom is 0.226 e. The number of carbonyl (C=O) groups excluding carboxylic acids is 1. The van der Waals surface area contributed by atoms with Crippen LogP contribution in [0.4, 0.5) is 0 Å². The van der Waals surface area contributed by atoms with Crippen molar-refractivity contribution in [3.05, 3.63) is 71.8 Å². The Hall–Kier alpha value is -2.89. The second kappa shape index (κ2) is 8.28. The van der Waals surface area contributed by atoms with Crippen LogP contribution in [0.2, 0.25) is 0 Å². The number of benzene rings is 1. The van der Waals surface area contributed by atoms with Crippen LogP contribution in [0.5, 0.6) is 0 Å². The zero-order valence-corrected chi connectivity index (χ0v) is 14.1. The van der Waals surface area contributed by atoms with Gasteiger partial charge in [-0.15, -0.1) is 0 Å². The molecule has 2 heterocycles. The van der Waals surface area contributed by atoms with Crippen LogP contribution in [0.25, 0.3) is 0 Å². The Labute approximate surface area is 146 Å². The van der Waals surface area contributed by atoms with E-state index in [9.17, 15) is 4.79 Å². The lowest BCUT2D eigenvalue weighted by atomic mass is 10.0. The predicted molar refractivity (Wildman–Crippen MR) is 91.7 cm³/mol. The SMILES string of the molecule is CCc1noc(CCCC(=O)NC(c2ccccc2)c2ccco2)n1. The Balaban J connectivity index is 1.57. The molecule has 6 nitrogen and oxygen atoms in total. The van der Waals surface area contributed by atoms with Gasteiger partial charge in [-0.2, -0.15) is 4.98 Å². The molecule has 0 aliphatic heterocycles. The molecule has 1 aromatic carbocycles.